The number of amides is 1. The number of piperidine rings is 1. The third-order valence-electron chi connectivity index (χ3n) is 5.26. The molecule has 2 aromatic carbocycles. The Bertz CT molecular complexity index is 932. The van der Waals surface area contributed by atoms with E-state index in [1.54, 1.807) is 25.1 Å². The van der Waals surface area contributed by atoms with Crippen molar-refractivity contribution in [2.24, 2.45) is 0 Å². The van der Waals surface area contributed by atoms with Gasteiger partial charge in [-0.3, -0.25) is 9.69 Å². The fourth-order valence-corrected chi connectivity index (χ4v) is 4.74. The Labute approximate surface area is 167 Å². The van der Waals surface area contributed by atoms with Crippen molar-refractivity contribution in [1.82, 2.24) is 10.2 Å². The number of nitrogens with zero attached hydrogens (tertiary/aromatic N) is 1. The molecule has 1 aliphatic rings. The van der Waals surface area contributed by atoms with E-state index in [2.05, 4.69) is 41.4 Å². The van der Waals surface area contributed by atoms with Gasteiger partial charge < -0.3 is 5.32 Å². The van der Waals surface area contributed by atoms with Crippen LogP contribution in [0.2, 0.25) is 0 Å². The Balaban J connectivity index is 1.59. The number of rotatable bonds is 6. The van der Waals surface area contributed by atoms with Crippen molar-refractivity contribution in [3.8, 4) is 0 Å². The molecule has 150 valence electrons. The third kappa shape index (κ3) is 5.00. The van der Waals surface area contributed by atoms with Gasteiger partial charge in [0.1, 0.15) is 0 Å². The molecule has 1 heterocycles. The van der Waals surface area contributed by atoms with Crippen LogP contribution in [-0.4, -0.2) is 44.1 Å². The molecule has 0 saturated carbocycles. The molecule has 1 fully saturated rings. The maximum Gasteiger partial charge on any atom is 0.252 e. The predicted octanol–water partition coefficient (Wildman–Crippen LogP) is 3.18. The number of hydrogen-bond acceptors (Lipinski definition) is 4. The van der Waals surface area contributed by atoms with Crippen molar-refractivity contribution in [1.29, 1.82) is 0 Å². The highest BCUT2D eigenvalue weighted by Gasteiger charge is 2.24. The van der Waals surface area contributed by atoms with E-state index in [-0.39, 0.29) is 28.2 Å². The van der Waals surface area contributed by atoms with Gasteiger partial charge in [0, 0.05) is 25.7 Å². The Morgan fingerprint density at radius 1 is 1.11 bits per heavy atom. The molecule has 0 aliphatic carbocycles. The van der Waals surface area contributed by atoms with Crippen molar-refractivity contribution in [2.75, 3.05) is 18.8 Å². The lowest BCUT2D eigenvalue weighted by Gasteiger charge is -2.32. The number of hydrogen-bond donors (Lipinski definition) is 1. The lowest BCUT2D eigenvalue weighted by atomic mass is 10.0. The fourth-order valence-electron chi connectivity index (χ4n) is 3.65. The number of carbonyl (C=O) groups is 1. The average Bonchev–Trinajstić information content (AvgIpc) is 2.69. The first-order valence-electron chi connectivity index (χ1n) is 9.79. The highest BCUT2D eigenvalue weighted by Crippen LogP contribution is 2.19. The van der Waals surface area contributed by atoms with E-state index in [0.29, 0.717) is 0 Å². The Kier molecular flexibility index (Phi) is 6.52. The van der Waals surface area contributed by atoms with Crippen molar-refractivity contribution in [3.63, 3.8) is 0 Å². The lowest BCUT2D eigenvalue weighted by molar-refractivity contribution is 0.0905. The highest BCUT2D eigenvalue weighted by molar-refractivity contribution is 7.91. The van der Waals surface area contributed by atoms with Crippen LogP contribution in [0.1, 0.15) is 41.3 Å². The van der Waals surface area contributed by atoms with Gasteiger partial charge in [0.15, 0.2) is 9.84 Å². The van der Waals surface area contributed by atoms with Crippen molar-refractivity contribution >= 4 is 15.7 Å². The smallest absolute Gasteiger partial charge is 0.252 e. The maximum absolute atomic E-state index is 12.7. The zero-order valence-electron chi connectivity index (χ0n) is 16.5. The summed E-state index contributed by atoms with van der Waals surface area (Å²) < 4.78 is 24.5. The van der Waals surface area contributed by atoms with Crippen LogP contribution in [0, 0.1) is 6.92 Å². The quantitative estimate of drug-likeness (QED) is 0.809. The molecule has 0 spiro atoms. The minimum atomic E-state index is -3.43. The molecule has 1 N–H and O–H groups in total. The summed E-state index contributed by atoms with van der Waals surface area (Å²) in [5.41, 5.74) is 2.81. The molecule has 0 atom stereocenters. The molecule has 1 aliphatic heterocycles. The van der Waals surface area contributed by atoms with Gasteiger partial charge in [-0.05, 0) is 37.5 Å². The first kappa shape index (κ1) is 20.6. The van der Waals surface area contributed by atoms with Gasteiger partial charge in [-0.25, -0.2) is 8.42 Å². The van der Waals surface area contributed by atoms with Crippen LogP contribution in [0.15, 0.2) is 53.4 Å². The van der Waals surface area contributed by atoms with Crippen molar-refractivity contribution < 1.29 is 13.2 Å². The first-order valence-corrected chi connectivity index (χ1v) is 11.4. The van der Waals surface area contributed by atoms with Crippen LogP contribution >= 0.6 is 0 Å². The second kappa shape index (κ2) is 8.88. The summed E-state index contributed by atoms with van der Waals surface area (Å²) >= 11 is 0. The zero-order valence-corrected chi connectivity index (χ0v) is 17.3. The van der Waals surface area contributed by atoms with E-state index >= 15 is 0 Å². The van der Waals surface area contributed by atoms with Gasteiger partial charge in [-0.1, -0.05) is 48.9 Å². The molecular weight excluding hydrogens is 372 g/mol. The molecule has 5 nitrogen and oxygen atoms in total. The summed E-state index contributed by atoms with van der Waals surface area (Å²) in [4.78, 5) is 15.2. The summed E-state index contributed by atoms with van der Waals surface area (Å²) in [5.74, 6) is -0.320. The summed E-state index contributed by atoms with van der Waals surface area (Å²) in [6, 6.07) is 15.1. The maximum atomic E-state index is 12.7. The molecule has 0 aromatic heterocycles. The molecule has 0 bridgehead atoms. The largest absolute Gasteiger partial charge is 0.349 e. The van der Waals surface area contributed by atoms with E-state index in [4.69, 9.17) is 0 Å². The summed E-state index contributed by atoms with van der Waals surface area (Å²) in [7, 11) is -3.43. The third-order valence-corrected chi connectivity index (χ3v) is 7.04. The SMILES string of the molecule is CCS(=O)(=O)c1ccccc1C(=O)NC1CCN(Cc2cccc(C)c2)CC1. The number of likely N-dealkylation sites (tertiary alicyclic amines) is 1. The number of sulfone groups is 1. The standard InChI is InChI=1S/C22H28N2O3S/c1-3-28(26,27)21-10-5-4-9-20(21)22(25)23-19-11-13-24(14-12-19)16-18-8-6-7-17(2)15-18/h4-10,15,19H,3,11-14,16H2,1-2H3,(H,23,25). The normalized spacial score (nSPS) is 16.1. The molecule has 6 heteroatoms. The van der Waals surface area contributed by atoms with Crippen molar-refractivity contribution in [2.45, 2.75) is 44.2 Å². The lowest BCUT2D eigenvalue weighted by Crippen LogP contribution is -2.44. The van der Waals surface area contributed by atoms with Gasteiger partial charge in [0.05, 0.1) is 16.2 Å². The van der Waals surface area contributed by atoms with Gasteiger partial charge >= 0.3 is 0 Å². The van der Waals surface area contributed by atoms with Gasteiger partial charge in [0.25, 0.3) is 5.91 Å². The van der Waals surface area contributed by atoms with Crippen LogP contribution in [-0.2, 0) is 16.4 Å². The first-order chi connectivity index (χ1) is 13.4. The molecule has 1 amide bonds. The van der Waals surface area contributed by atoms with Gasteiger partial charge in [0.2, 0.25) is 0 Å². The molecule has 3 rings (SSSR count). The Morgan fingerprint density at radius 3 is 2.50 bits per heavy atom. The van der Waals surface area contributed by atoms with Gasteiger partial charge in [-0.2, -0.15) is 0 Å². The number of carbonyl (C=O) groups excluding carboxylic acids is 1. The fraction of sp³-hybridized carbons (Fsp3) is 0.409. The molecule has 0 unspecified atom stereocenters. The predicted molar refractivity (Wildman–Crippen MR) is 111 cm³/mol. The Morgan fingerprint density at radius 2 is 1.82 bits per heavy atom. The van der Waals surface area contributed by atoms with Crippen LogP contribution in [0.4, 0.5) is 0 Å². The van der Waals surface area contributed by atoms with E-state index in [9.17, 15) is 13.2 Å². The molecule has 0 radical (unpaired) electrons. The number of aryl methyl sites for hydroxylation is 1. The summed E-state index contributed by atoms with van der Waals surface area (Å²) in [6.45, 7) is 6.43. The Hall–Kier alpha value is -2.18. The second-order valence-electron chi connectivity index (χ2n) is 7.41. The van der Waals surface area contributed by atoms with Crippen LogP contribution < -0.4 is 5.32 Å². The van der Waals surface area contributed by atoms with Crippen LogP contribution in [0.25, 0.3) is 0 Å². The summed E-state index contributed by atoms with van der Waals surface area (Å²) in [5, 5.41) is 3.04. The zero-order chi connectivity index (χ0) is 20.1. The van der Waals surface area contributed by atoms with Gasteiger partial charge in [-0.15, -0.1) is 0 Å². The van der Waals surface area contributed by atoms with Crippen molar-refractivity contribution in [3.05, 3.63) is 65.2 Å². The van der Waals surface area contributed by atoms with E-state index in [0.717, 1.165) is 32.5 Å². The highest BCUT2D eigenvalue weighted by atomic mass is 32.2. The minimum absolute atomic E-state index is 0.0192. The topological polar surface area (TPSA) is 66.5 Å². The molecule has 2 aromatic rings. The molecule has 1 saturated heterocycles. The van der Waals surface area contributed by atoms with E-state index in [1.807, 2.05) is 0 Å². The van der Waals surface area contributed by atoms with E-state index < -0.39 is 9.84 Å². The minimum Gasteiger partial charge on any atom is -0.349 e. The average molecular weight is 401 g/mol. The van der Waals surface area contributed by atoms with Crippen LogP contribution in [0.3, 0.4) is 0 Å². The number of benzene rings is 2. The number of nitrogens with one attached hydrogen (secondary N) is 1. The molecular formula is C22H28N2O3S. The molecule has 28 heavy (non-hydrogen) atoms. The van der Waals surface area contributed by atoms with E-state index in [1.165, 1.54) is 17.2 Å². The summed E-state index contributed by atoms with van der Waals surface area (Å²) in [6.07, 6.45) is 1.72. The monoisotopic (exact) mass is 400 g/mol. The second-order valence-corrected chi connectivity index (χ2v) is 9.66. The van der Waals surface area contributed by atoms with Crippen LogP contribution in [0.5, 0.6) is 0 Å².